The lowest BCUT2D eigenvalue weighted by Gasteiger charge is -2.01. The Bertz CT molecular complexity index is 231. The van der Waals surface area contributed by atoms with E-state index in [0.717, 1.165) is 4.88 Å². The number of aromatic hydroxyl groups is 1. The first-order valence-electron chi connectivity index (χ1n) is 2.90. The van der Waals surface area contributed by atoms with Crippen LogP contribution in [0.25, 0.3) is 0 Å². The molecule has 1 atom stereocenters. The van der Waals surface area contributed by atoms with Gasteiger partial charge in [0.2, 0.25) is 0 Å². The Morgan fingerprint density at radius 2 is 2.50 bits per heavy atom. The molecule has 1 rings (SSSR count). The van der Waals surface area contributed by atoms with Crippen molar-refractivity contribution in [1.82, 2.24) is 0 Å². The molecular formula is C7H9NOS. The lowest BCUT2D eigenvalue weighted by molar-refractivity contribution is 0.470. The maximum absolute atomic E-state index is 9.13. The largest absolute Gasteiger partial charge is 0.507 e. The summed E-state index contributed by atoms with van der Waals surface area (Å²) in [7, 11) is 0. The van der Waals surface area contributed by atoms with Crippen LogP contribution in [0.2, 0.25) is 0 Å². The van der Waals surface area contributed by atoms with Gasteiger partial charge >= 0.3 is 0 Å². The highest BCUT2D eigenvalue weighted by Gasteiger charge is 2.07. The van der Waals surface area contributed by atoms with Crippen molar-refractivity contribution in [3.63, 3.8) is 0 Å². The number of nitrogens with two attached hydrogens (primary N) is 1. The van der Waals surface area contributed by atoms with Crippen LogP contribution in [0.4, 0.5) is 0 Å². The third-order valence-electron chi connectivity index (χ3n) is 1.23. The highest BCUT2D eigenvalue weighted by atomic mass is 32.1. The molecule has 0 radical (unpaired) electrons. The van der Waals surface area contributed by atoms with Gasteiger partial charge < -0.3 is 10.8 Å². The van der Waals surface area contributed by atoms with Crippen LogP contribution in [0.15, 0.2) is 24.1 Å². The van der Waals surface area contributed by atoms with Crippen molar-refractivity contribution in [3.05, 3.63) is 29.0 Å². The second kappa shape index (κ2) is 2.86. The van der Waals surface area contributed by atoms with Crippen molar-refractivity contribution in [2.24, 2.45) is 5.73 Å². The second-order valence-electron chi connectivity index (χ2n) is 1.93. The van der Waals surface area contributed by atoms with E-state index < -0.39 is 0 Å². The third kappa shape index (κ3) is 1.20. The third-order valence-corrected chi connectivity index (χ3v) is 2.24. The van der Waals surface area contributed by atoms with Crippen LogP contribution in [-0.2, 0) is 0 Å². The van der Waals surface area contributed by atoms with Crippen LogP contribution < -0.4 is 5.73 Å². The predicted octanol–water partition coefficient (Wildman–Crippen LogP) is 1.64. The maximum atomic E-state index is 9.13. The van der Waals surface area contributed by atoms with Crippen LogP contribution in [0.1, 0.15) is 10.9 Å². The van der Waals surface area contributed by atoms with Crippen molar-refractivity contribution in [3.8, 4) is 5.75 Å². The molecule has 0 spiro atoms. The Labute approximate surface area is 63.6 Å². The van der Waals surface area contributed by atoms with E-state index in [4.69, 9.17) is 10.8 Å². The topological polar surface area (TPSA) is 46.2 Å². The molecule has 10 heavy (non-hydrogen) atoms. The average molecular weight is 155 g/mol. The summed E-state index contributed by atoms with van der Waals surface area (Å²) in [6.45, 7) is 3.53. The van der Waals surface area contributed by atoms with Crippen LogP contribution in [0.3, 0.4) is 0 Å². The Morgan fingerprint density at radius 3 is 2.90 bits per heavy atom. The molecule has 1 unspecified atom stereocenters. The molecule has 1 heterocycles. The van der Waals surface area contributed by atoms with Gasteiger partial charge in [-0.25, -0.2) is 0 Å². The Hall–Kier alpha value is -0.800. The van der Waals surface area contributed by atoms with Crippen LogP contribution >= 0.6 is 11.3 Å². The average Bonchev–Trinajstić information content (AvgIpc) is 2.34. The summed E-state index contributed by atoms with van der Waals surface area (Å²) < 4.78 is 0. The lowest BCUT2D eigenvalue weighted by Crippen LogP contribution is -2.03. The zero-order valence-corrected chi connectivity index (χ0v) is 6.27. The van der Waals surface area contributed by atoms with Gasteiger partial charge in [-0.05, 0) is 11.4 Å². The highest BCUT2D eigenvalue weighted by molar-refractivity contribution is 7.10. The number of hydrogen-bond acceptors (Lipinski definition) is 3. The van der Waals surface area contributed by atoms with Crippen molar-refractivity contribution < 1.29 is 5.11 Å². The van der Waals surface area contributed by atoms with Gasteiger partial charge in [-0.1, -0.05) is 6.08 Å². The summed E-state index contributed by atoms with van der Waals surface area (Å²) >= 11 is 1.44. The summed E-state index contributed by atoms with van der Waals surface area (Å²) in [5.74, 6) is 0.261. The Morgan fingerprint density at radius 1 is 1.80 bits per heavy atom. The van der Waals surface area contributed by atoms with E-state index >= 15 is 0 Å². The zero-order chi connectivity index (χ0) is 7.56. The van der Waals surface area contributed by atoms with Crippen molar-refractivity contribution >= 4 is 11.3 Å². The van der Waals surface area contributed by atoms with E-state index in [9.17, 15) is 0 Å². The van der Waals surface area contributed by atoms with Gasteiger partial charge in [-0.2, -0.15) is 0 Å². The molecule has 0 bridgehead atoms. The zero-order valence-electron chi connectivity index (χ0n) is 5.45. The molecule has 54 valence electrons. The van der Waals surface area contributed by atoms with Gasteiger partial charge in [0, 0.05) is 0 Å². The predicted molar refractivity (Wildman–Crippen MR) is 43.1 cm³/mol. The normalized spacial score (nSPS) is 12.9. The minimum absolute atomic E-state index is 0.236. The fourth-order valence-corrected chi connectivity index (χ4v) is 1.46. The Balaban J connectivity index is 2.92. The summed E-state index contributed by atoms with van der Waals surface area (Å²) in [5, 5.41) is 10.9. The standard InChI is InChI=1S/C7H9NOS/c1-2-5(8)7-6(9)3-4-10-7/h2-5,9H,1,8H2. The van der Waals surface area contributed by atoms with Crippen LogP contribution in [-0.4, -0.2) is 5.11 Å². The van der Waals surface area contributed by atoms with Crippen molar-refractivity contribution in [2.75, 3.05) is 0 Å². The molecule has 0 aromatic carbocycles. The minimum atomic E-state index is -0.236. The molecule has 0 fully saturated rings. The van der Waals surface area contributed by atoms with E-state index in [1.807, 2.05) is 0 Å². The second-order valence-corrected chi connectivity index (χ2v) is 2.88. The first-order chi connectivity index (χ1) is 4.75. The van der Waals surface area contributed by atoms with Gasteiger partial charge in [0.15, 0.2) is 0 Å². The summed E-state index contributed by atoms with van der Waals surface area (Å²) in [5.41, 5.74) is 5.57. The van der Waals surface area contributed by atoms with Crippen molar-refractivity contribution in [1.29, 1.82) is 0 Å². The van der Waals surface area contributed by atoms with E-state index in [1.165, 1.54) is 11.3 Å². The first-order valence-corrected chi connectivity index (χ1v) is 3.78. The van der Waals surface area contributed by atoms with E-state index in [-0.39, 0.29) is 11.8 Å². The molecule has 0 saturated heterocycles. The summed E-state index contributed by atoms with van der Waals surface area (Å²) in [4.78, 5) is 0.773. The van der Waals surface area contributed by atoms with Gasteiger partial charge in [-0.15, -0.1) is 17.9 Å². The molecular weight excluding hydrogens is 146 g/mol. The molecule has 0 aliphatic heterocycles. The SMILES string of the molecule is C=CC(N)c1sccc1O. The fraction of sp³-hybridized carbons (Fsp3) is 0.143. The van der Waals surface area contributed by atoms with Gasteiger partial charge in [0.25, 0.3) is 0 Å². The van der Waals surface area contributed by atoms with E-state index in [1.54, 1.807) is 17.5 Å². The first kappa shape index (κ1) is 7.31. The summed E-state index contributed by atoms with van der Waals surface area (Å²) in [6.07, 6.45) is 1.60. The smallest absolute Gasteiger partial charge is 0.131 e. The number of hydrogen-bond donors (Lipinski definition) is 2. The molecule has 1 aromatic rings. The fourth-order valence-electron chi connectivity index (χ4n) is 0.671. The molecule has 0 aliphatic rings. The van der Waals surface area contributed by atoms with Gasteiger partial charge in [0.1, 0.15) is 5.75 Å². The molecule has 0 aliphatic carbocycles. The number of rotatable bonds is 2. The summed E-state index contributed by atoms with van der Waals surface area (Å²) in [6, 6.07) is 1.39. The van der Waals surface area contributed by atoms with E-state index in [0.29, 0.717) is 0 Å². The van der Waals surface area contributed by atoms with Gasteiger partial charge in [0.05, 0.1) is 10.9 Å². The molecule has 2 nitrogen and oxygen atoms in total. The maximum Gasteiger partial charge on any atom is 0.131 e. The van der Waals surface area contributed by atoms with E-state index in [2.05, 4.69) is 6.58 Å². The van der Waals surface area contributed by atoms with Crippen molar-refractivity contribution in [2.45, 2.75) is 6.04 Å². The van der Waals surface area contributed by atoms with Crippen LogP contribution in [0, 0.1) is 0 Å². The molecule has 3 N–H and O–H groups in total. The van der Waals surface area contributed by atoms with Crippen LogP contribution in [0.5, 0.6) is 5.75 Å². The molecule has 1 aromatic heterocycles. The minimum Gasteiger partial charge on any atom is -0.507 e. The van der Waals surface area contributed by atoms with Gasteiger partial charge in [-0.3, -0.25) is 0 Å². The molecule has 3 heteroatoms. The monoisotopic (exact) mass is 155 g/mol. The lowest BCUT2D eigenvalue weighted by atomic mass is 10.2. The Kier molecular flexibility index (Phi) is 2.09. The molecule has 0 saturated carbocycles. The number of thiophene rings is 1. The molecule has 0 amide bonds. The quantitative estimate of drug-likeness (QED) is 0.638. The highest BCUT2D eigenvalue weighted by Crippen LogP contribution is 2.28.